The molecule has 1 fully saturated rings. The van der Waals surface area contributed by atoms with Gasteiger partial charge in [-0.3, -0.25) is 4.68 Å². The third-order valence-corrected chi connectivity index (χ3v) is 9.80. The van der Waals surface area contributed by atoms with Crippen LogP contribution >= 0.6 is 0 Å². The van der Waals surface area contributed by atoms with Gasteiger partial charge >= 0.3 is 0 Å². The molecule has 1 aliphatic rings. The molecule has 21 heavy (non-hydrogen) atoms. The van der Waals surface area contributed by atoms with E-state index in [0.717, 1.165) is 12.3 Å². The summed E-state index contributed by atoms with van der Waals surface area (Å²) in [6.07, 6.45) is 8.54. The van der Waals surface area contributed by atoms with Crippen LogP contribution in [0.3, 0.4) is 0 Å². The Morgan fingerprint density at radius 1 is 1.29 bits per heavy atom. The standard InChI is InChI=1S/C16H31N3OSi/c1-16(2,3)21(4,5)20-12-13-6-8-15(9-7-13)19-11-14(17)10-18-19/h10-11,13,15H,6-9,12,17H2,1-5H3. The maximum atomic E-state index is 6.37. The zero-order valence-corrected chi connectivity index (χ0v) is 15.2. The molecule has 1 aliphatic carbocycles. The molecule has 0 amide bonds. The lowest BCUT2D eigenvalue weighted by molar-refractivity contribution is 0.168. The summed E-state index contributed by atoms with van der Waals surface area (Å²) >= 11 is 0. The van der Waals surface area contributed by atoms with Crippen LogP contribution in [0.5, 0.6) is 0 Å². The van der Waals surface area contributed by atoms with Crippen molar-refractivity contribution in [3.05, 3.63) is 12.4 Å². The molecule has 0 atom stereocenters. The molecule has 0 aromatic carbocycles. The highest BCUT2D eigenvalue weighted by Gasteiger charge is 2.37. The molecule has 5 heteroatoms. The highest BCUT2D eigenvalue weighted by Crippen LogP contribution is 2.38. The molecule has 1 aromatic rings. The summed E-state index contributed by atoms with van der Waals surface area (Å²) in [7, 11) is -1.60. The summed E-state index contributed by atoms with van der Waals surface area (Å²) in [6.45, 7) is 12.5. The van der Waals surface area contributed by atoms with Crippen LogP contribution in [0.25, 0.3) is 0 Å². The van der Waals surface area contributed by atoms with Gasteiger partial charge in [0.1, 0.15) is 0 Å². The van der Waals surface area contributed by atoms with Gasteiger partial charge in [0.05, 0.1) is 17.9 Å². The third kappa shape index (κ3) is 4.10. The van der Waals surface area contributed by atoms with E-state index in [4.69, 9.17) is 10.2 Å². The van der Waals surface area contributed by atoms with Gasteiger partial charge in [-0.05, 0) is 49.7 Å². The molecule has 0 radical (unpaired) electrons. The average molecular weight is 310 g/mol. The predicted octanol–water partition coefficient (Wildman–Crippen LogP) is 4.22. The number of rotatable bonds is 4. The van der Waals surface area contributed by atoms with Crippen LogP contribution in [0.4, 0.5) is 5.69 Å². The molecule has 0 aliphatic heterocycles. The summed E-state index contributed by atoms with van der Waals surface area (Å²) < 4.78 is 8.42. The highest BCUT2D eigenvalue weighted by atomic mass is 28.4. The molecule has 1 heterocycles. The Kier molecular flexibility index (Phi) is 4.83. The Bertz CT molecular complexity index is 456. The minimum atomic E-state index is -1.60. The van der Waals surface area contributed by atoms with Gasteiger partial charge in [-0.15, -0.1) is 0 Å². The van der Waals surface area contributed by atoms with E-state index in [0.29, 0.717) is 17.0 Å². The quantitative estimate of drug-likeness (QED) is 0.847. The first-order valence-corrected chi connectivity index (χ1v) is 11.0. The van der Waals surface area contributed by atoms with Crippen molar-refractivity contribution in [3.63, 3.8) is 0 Å². The van der Waals surface area contributed by atoms with Crippen molar-refractivity contribution in [2.45, 2.75) is 70.6 Å². The average Bonchev–Trinajstić information content (AvgIpc) is 2.82. The maximum absolute atomic E-state index is 6.37. The maximum Gasteiger partial charge on any atom is 0.191 e. The number of nitrogens with zero attached hydrogens (tertiary/aromatic N) is 2. The summed E-state index contributed by atoms with van der Waals surface area (Å²) in [5.41, 5.74) is 6.51. The second kappa shape index (κ2) is 6.13. The van der Waals surface area contributed by atoms with Crippen LogP contribution < -0.4 is 5.73 Å². The number of aromatic nitrogens is 2. The van der Waals surface area contributed by atoms with Crippen molar-refractivity contribution in [1.29, 1.82) is 0 Å². The molecule has 4 nitrogen and oxygen atoms in total. The van der Waals surface area contributed by atoms with E-state index in [1.165, 1.54) is 25.7 Å². The number of nitrogens with two attached hydrogens (primary N) is 1. The van der Waals surface area contributed by atoms with E-state index in [1.807, 2.05) is 10.9 Å². The highest BCUT2D eigenvalue weighted by molar-refractivity contribution is 6.74. The first-order chi connectivity index (χ1) is 9.69. The lowest BCUT2D eigenvalue weighted by Crippen LogP contribution is -2.42. The van der Waals surface area contributed by atoms with Gasteiger partial charge in [0.15, 0.2) is 8.32 Å². The smallest absolute Gasteiger partial charge is 0.191 e. The van der Waals surface area contributed by atoms with Gasteiger partial charge in [-0.25, -0.2) is 0 Å². The van der Waals surface area contributed by atoms with Gasteiger partial charge in [-0.1, -0.05) is 20.8 Å². The summed E-state index contributed by atoms with van der Waals surface area (Å²) in [5, 5.41) is 4.65. The normalized spacial score (nSPS) is 24.2. The van der Waals surface area contributed by atoms with E-state index in [-0.39, 0.29) is 0 Å². The summed E-state index contributed by atoms with van der Waals surface area (Å²) in [4.78, 5) is 0. The zero-order valence-electron chi connectivity index (χ0n) is 14.2. The Morgan fingerprint density at radius 2 is 1.90 bits per heavy atom. The predicted molar refractivity (Wildman–Crippen MR) is 90.8 cm³/mol. The first-order valence-electron chi connectivity index (χ1n) is 8.12. The molecular formula is C16H31N3OSi. The van der Waals surface area contributed by atoms with Crippen LogP contribution in [-0.2, 0) is 4.43 Å². The number of hydrogen-bond donors (Lipinski definition) is 1. The SMILES string of the molecule is CC(C)(C)[Si](C)(C)OCC1CCC(n2cc(N)cn2)CC1. The van der Waals surface area contributed by atoms with E-state index >= 15 is 0 Å². The summed E-state index contributed by atoms with van der Waals surface area (Å²) in [6, 6.07) is 0.520. The first kappa shape index (κ1) is 16.6. The molecule has 0 bridgehead atoms. The molecule has 0 saturated heterocycles. The second-order valence-electron chi connectivity index (χ2n) is 8.00. The Labute approximate surface area is 130 Å². The van der Waals surface area contributed by atoms with Crippen molar-refractivity contribution in [2.24, 2.45) is 5.92 Å². The Hall–Kier alpha value is -0.813. The van der Waals surface area contributed by atoms with Crippen molar-refractivity contribution in [2.75, 3.05) is 12.3 Å². The molecule has 1 aromatic heterocycles. The van der Waals surface area contributed by atoms with Gasteiger partial charge in [-0.2, -0.15) is 5.10 Å². The molecule has 0 unspecified atom stereocenters. The third-order valence-electron chi connectivity index (χ3n) is 5.30. The van der Waals surface area contributed by atoms with E-state index < -0.39 is 8.32 Å². The Morgan fingerprint density at radius 3 is 2.38 bits per heavy atom. The molecule has 2 N–H and O–H groups in total. The van der Waals surface area contributed by atoms with Crippen LogP contribution in [-0.4, -0.2) is 24.7 Å². The van der Waals surface area contributed by atoms with Crippen molar-refractivity contribution in [3.8, 4) is 0 Å². The largest absolute Gasteiger partial charge is 0.417 e. The fraction of sp³-hybridized carbons (Fsp3) is 0.812. The van der Waals surface area contributed by atoms with Crippen molar-refractivity contribution in [1.82, 2.24) is 9.78 Å². The van der Waals surface area contributed by atoms with Gasteiger partial charge in [0, 0.05) is 12.8 Å². The topological polar surface area (TPSA) is 53.1 Å². The monoisotopic (exact) mass is 309 g/mol. The van der Waals surface area contributed by atoms with E-state index in [2.05, 4.69) is 39.0 Å². The second-order valence-corrected chi connectivity index (χ2v) is 12.8. The van der Waals surface area contributed by atoms with Crippen molar-refractivity contribution >= 4 is 14.0 Å². The van der Waals surface area contributed by atoms with Gasteiger partial charge < -0.3 is 10.2 Å². The van der Waals surface area contributed by atoms with Crippen LogP contribution in [0.15, 0.2) is 12.4 Å². The van der Waals surface area contributed by atoms with Crippen molar-refractivity contribution < 1.29 is 4.43 Å². The fourth-order valence-corrected chi connectivity index (χ4v) is 3.76. The van der Waals surface area contributed by atoms with Gasteiger partial charge in [0.25, 0.3) is 0 Å². The van der Waals surface area contributed by atoms with Crippen LogP contribution in [0.2, 0.25) is 18.1 Å². The summed E-state index contributed by atoms with van der Waals surface area (Å²) in [5.74, 6) is 0.711. The lowest BCUT2D eigenvalue weighted by Gasteiger charge is -2.38. The number of hydrogen-bond acceptors (Lipinski definition) is 3. The minimum absolute atomic E-state index is 0.302. The zero-order chi connectivity index (χ0) is 15.7. The number of nitrogen functional groups attached to an aromatic ring is 1. The van der Waals surface area contributed by atoms with E-state index in [1.54, 1.807) is 6.20 Å². The molecule has 2 rings (SSSR count). The molecule has 1 saturated carbocycles. The number of anilines is 1. The molecular weight excluding hydrogens is 278 g/mol. The van der Waals surface area contributed by atoms with Crippen LogP contribution in [0.1, 0.15) is 52.5 Å². The molecule has 0 spiro atoms. The Balaban J connectivity index is 1.80. The molecule has 120 valence electrons. The van der Waals surface area contributed by atoms with Gasteiger partial charge in [0.2, 0.25) is 0 Å². The van der Waals surface area contributed by atoms with Crippen LogP contribution in [0, 0.1) is 5.92 Å². The van der Waals surface area contributed by atoms with E-state index in [9.17, 15) is 0 Å². The minimum Gasteiger partial charge on any atom is -0.417 e. The fourth-order valence-electron chi connectivity index (χ4n) is 2.67. The lowest BCUT2D eigenvalue weighted by atomic mass is 9.87.